The van der Waals surface area contributed by atoms with Crippen molar-refractivity contribution in [3.8, 4) is 17.0 Å². The number of benzene rings is 1. The first-order valence-electron chi connectivity index (χ1n) is 13.2. The van der Waals surface area contributed by atoms with E-state index < -0.39 is 17.9 Å². The fourth-order valence-corrected chi connectivity index (χ4v) is 6.60. The van der Waals surface area contributed by atoms with Gasteiger partial charge >= 0.3 is 12.5 Å². The highest BCUT2D eigenvalue weighted by atomic mass is 19.4. The summed E-state index contributed by atoms with van der Waals surface area (Å²) in [7, 11) is 0. The van der Waals surface area contributed by atoms with Crippen LogP contribution >= 0.6 is 0 Å². The molecule has 14 heteroatoms. The van der Waals surface area contributed by atoms with Gasteiger partial charge in [0.25, 0.3) is 5.91 Å². The third-order valence-corrected chi connectivity index (χ3v) is 8.18. The van der Waals surface area contributed by atoms with E-state index in [4.69, 9.17) is 16.2 Å². The SMILES string of the molecule is CC(C)(C)OC(=O)N1CC2[C@@H]3[C@H](n4nc(-c5cnn(Cc6cccc(OC(F)(F)F)c6)c5)c(C(N)=O)c4N)C[C@]23C1. The second kappa shape index (κ2) is 8.88. The standard InChI is InChI=1S/C27H30F3N7O4/c1-25(2,3)41-24(39)35-12-17-20-18(8-26(17,20)13-35)37-22(31)19(23(32)38)21(34-37)15-9-33-36(11-15)10-14-5-4-6-16(7-14)40-27(28,29)30/h4-7,9,11,17-18,20H,8,10,12-13,31H2,1-3H3,(H2,32,38)/t17?,18-,20-,26+/m1/s1. The lowest BCUT2D eigenvalue weighted by molar-refractivity contribution is -0.274. The minimum atomic E-state index is -4.79. The van der Waals surface area contributed by atoms with Crippen molar-refractivity contribution in [3.63, 3.8) is 0 Å². The maximum atomic E-state index is 12.6. The molecule has 218 valence electrons. The Morgan fingerprint density at radius 3 is 2.63 bits per heavy atom. The summed E-state index contributed by atoms with van der Waals surface area (Å²) >= 11 is 0. The minimum absolute atomic E-state index is 0.0161. The van der Waals surface area contributed by atoms with Gasteiger partial charge < -0.3 is 25.8 Å². The molecular weight excluding hydrogens is 543 g/mol. The normalized spacial score (nSPS) is 24.8. The molecule has 41 heavy (non-hydrogen) atoms. The summed E-state index contributed by atoms with van der Waals surface area (Å²) in [6.45, 7) is 6.89. The van der Waals surface area contributed by atoms with Crippen LogP contribution in [-0.4, -0.2) is 61.5 Å². The van der Waals surface area contributed by atoms with Crippen molar-refractivity contribution in [2.24, 2.45) is 23.0 Å². The van der Waals surface area contributed by atoms with Crippen molar-refractivity contribution in [2.75, 3.05) is 18.8 Å². The Hall–Kier alpha value is -4.23. The molecule has 6 rings (SSSR count). The first-order valence-corrected chi connectivity index (χ1v) is 13.2. The summed E-state index contributed by atoms with van der Waals surface area (Å²) in [4.78, 5) is 26.7. The lowest BCUT2D eigenvalue weighted by atomic mass is 9.80. The van der Waals surface area contributed by atoms with E-state index in [1.807, 2.05) is 20.8 Å². The van der Waals surface area contributed by atoms with Crippen LogP contribution in [0.15, 0.2) is 36.7 Å². The number of piperidine rings is 1. The van der Waals surface area contributed by atoms with Gasteiger partial charge in [0.15, 0.2) is 0 Å². The molecule has 4 atom stereocenters. The van der Waals surface area contributed by atoms with Crippen LogP contribution < -0.4 is 16.2 Å². The molecule has 3 aromatic rings. The molecule has 2 aromatic heterocycles. The number of alkyl halides is 3. The van der Waals surface area contributed by atoms with Crippen molar-refractivity contribution in [1.82, 2.24) is 24.5 Å². The quantitative estimate of drug-likeness (QED) is 0.457. The van der Waals surface area contributed by atoms with Gasteiger partial charge in [0, 0.05) is 30.3 Å². The van der Waals surface area contributed by atoms with Gasteiger partial charge in [-0.05, 0) is 56.7 Å². The Kier molecular flexibility index (Phi) is 5.84. The molecule has 0 bridgehead atoms. The van der Waals surface area contributed by atoms with Crippen molar-refractivity contribution in [1.29, 1.82) is 0 Å². The predicted octanol–water partition coefficient (Wildman–Crippen LogP) is 3.80. The average Bonchev–Trinajstić information content (AvgIpc) is 3.32. The van der Waals surface area contributed by atoms with Gasteiger partial charge in [0.2, 0.25) is 0 Å². The molecule has 4 N–H and O–H groups in total. The third-order valence-electron chi connectivity index (χ3n) is 8.18. The number of nitrogens with two attached hydrogens (primary N) is 2. The zero-order chi connectivity index (χ0) is 29.5. The van der Waals surface area contributed by atoms with E-state index in [-0.39, 0.29) is 52.8 Å². The van der Waals surface area contributed by atoms with Gasteiger partial charge in [0.05, 0.1) is 18.8 Å². The molecule has 2 amide bonds. The summed E-state index contributed by atoms with van der Waals surface area (Å²) in [6, 6.07) is 5.57. The van der Waals surface area contributed by atoms with Gasteiger partial charge in [-0.3, -0.25) is 9.48 Å². The predicted molar refractivity (Wildman–Crippen MR) is 139 cm³/mol. The van der Waals surface area contributed by atoms with E-state index in [9.17, 15) is 22.8 Å². The molecule has 1 saturated heterocycles. The van der Waals surface area contributed by atoms with Crippen LogP contribution in [0.2, 0.25) is 0 Å². The zero-order valence-electron chi connectivity index (χ0n) is 22.7. The first kappa shape index (κ1) is 27.0. The van der Waals surface area contributed by atoms with Gasteiger partial charge in [0.1, 0.15) is 28.4 Å². The minimum Gasteiger partial charge on any atom is -0.444 e. The Balaban J connectivity index is 1.18. The second-order valence-corrected chi connectivity index (χ2v) is 12.0. The number of carbonyl (C=O) groups excluding carboxylic acids is 2. The van der Waals surface area contributed by atoms with Gasteiger partial charge in [-0.1, -0.05) is 12.1 Å². The van der Waals surface area contributed by atoms with Crippen LogP contribution in [0.5, 0.6) is 5.75 Å². The smallest absolute Gasteiger partial charge is 0.444 e. The Morgan fingerprint density at radius 2 is 1.98 bits per heavy atom. The van der Waals surface area contributed by atoms with Crippen molar-refractivity contribution in [2.45, 2.75) is 51.7 Å². The molecule has 11 nitrogen and oxygen atoms in total. The number of likely N-dealkylation sites (tertiary alicyclic amines) is 1. The molecule has 2 saturated carbocycles. The monoisotopic (exact) mass is 573 g/mol. The fraction of sp³-hybridized carbons (Fsp3) is 0.481. The van der Waals surface area contributed by atoms with E-state index in [0.29, 0.717) is 30.1 Å². The Bertz CT molecular complexity index is 1540. The second-order valence-electron chi connectivity index (χ2n) is 12.0. The van der Waals surface area contributed by atoms with Crippen molar-refractivity contribution < 1.29 is 32.2 Å². The molecule has 3 fully saturated rings. The molecule has 1 spiro atoms. The Morgan fingerprint density at radius 1 is 1.22 bits per heavy atom. The summed E-state index contributed by atoms with van der Waals surface area (Å²) in [5.41, 5.74) is 13.0. The molecule has 3 heterocycles. The lowest BCUT2D eigenvalue weighted by Crippen LogP contribution is -2.42. The number of ether oxygens (including phenoxy) is 2. The van der Waals surface area contributed by atoms with E-state index in [2.05, 4.69) is 14.9 Å². The summed E-state index contributed by atoms with van der Waals surface area (Å²) in [6.07, 6.45) is -1.21. The van der Waals surface area contributed by atoms with E-state index in [1.54, 1.807) is 21.8 Å². The van der Waals surface area contributed by atoms with Crippen LogP contribution in [0.25, 0.3) is 11.3 Å². The molecule has 0 radical (unpaired) electrons. The van der Waals surface area contributed by atoms with Crippen molar-refractivity contribution in [3.05, 3.63) is 47.8 Å². The summed E-state index contributed by atoms with van der Waals surface area (Å²) in [5, 5.41) is 8.98. The maximum Gasteiger partial charge on any atom is 0.573 e. The molecule has 1 aliphatic heterocycles. The number of anilines is 1. The van der Waals surface area contributed by atoms with Crippen LogP contribution in [-0.2, 0) is 11.3 Å². The topological polar surface area (TPSA) is 144 Å². The highest BCUT2D eigenvalue weighted by Crippen LogP contribution is 2.79. The van der Waals surface area contributed by atoms with Crippen LogP contribution in [0, 0.1) is 17.3 Å². The number of nitrogen functional groups attached to an aromatic ring is 1. The number of halogens is 3. The lowest BCUT2D eigenvalue weighted by Gasteiger charge is -2.37. The molecule has 1 aromatic carbocycles. The number of primary amides is 1. The number of hydrogen-bond donors (Lipinski definition) is 2. The number of hydrogen-bond acceptors (Lipinski definition) is 7. The van der Waals surface area contributed by atoms with E-state index in [0.717, 1.165) is 6.42 Å². The number of carbonyl (C=O) groups is 2. The third kappa shape index (κ3) is 4.74. The van der Waals surface area contributed by atoms with Crippen LogP contribution in [0.1, 0.15) is 49.2 Å². The van der Waals surface area contributed by atoms with Gasteiger partial charge in [-0.15, -0.1) is 13.2 Å². The fourth-order valence-electron chi connectivity index (χ4n) is 6.60. The first-order chi connectivity index (χ1) is 19.1. The van der Waals surface area contributed by atoms with Crippen molar-refractivity contribution >= 4 is 17.8 Å². The average molecular weight is 574 g/mol. The van der Waals surface area contributed by atoms with Crippen LogP contribution in [0.4, 0.5) is 23.8 Å². The number of fused-ring (bicyclic) bond motifs is 1. The number of amides is 2. The molecule has 2 aliphatic carbocycles. The highest BCUT2D eigenvalue weighted by molar-refractivity contribution is 6.03. The zero-order valence-corrected chi connectivity index (χ0v) is 22.7. The molecule has 1 unspecified atom stereocenters. The summed E-state index contributed by atoms with van der Waals surface area (Å²) < 4.78 is 50.5. The maximum absolute atomic E-state index is 12.6. The Labute approximate surface area is 233 Å². The number of rotatable bonds is 6. The van der Waals surface area contributed by atoms with E-state index >= 15 is 0 Å². The van der Waals surface area contributed by atoms with E-state index in [1.165, 1.54) is 29.1 Å². The molecular formula is C27H30F3N7O4. The highest BCUT2D eigenvalue weighted by Gasteiger charge is 2.79. The molecule has 3 aliphatic rings. The number of aromatic nitrogens is 4. The van der Waals surface area contributed by atoms with Gasteiger partial charge in [-0.25, -0.2) is 9.48 Å². The summed E-state index contributed by atoms with van der Waals surface area (Å²) in [5.74, 6) is -0.294. The van der Waals surface area contributed by atoms with Crippen LogP contribution in [0.3, 0.4) is 0 Å². The largest absolute Gasteiger partial charge is 0.573 e. The number of nitrogens with zero attached hydrogens (tertiary/aromatic N) is 5. The van der Waals surface area contributed by atoms with Gasteiger partial charge in [-0.2, -0.15) is 10.2 Å².